The molecule has 0 aromatic heterocycles. The molecule has 0 saturated carbocycles. The molecular formula is C21H34N4O4. The Morgan fingerprint density at radius 2 is 1.86 bits per heavy atom. The Labute approximate surface area is 172 Å². The summed E-state index contributed by atoms with van der Waals surface area (Å²) >= 11 is 0. The zero-order chi connectivity index (χ0) is 21.0. The number of aliphatic hydroxyl groups is 1. The highest BCUT2D eigenvalue weighted by atomic mass is 16.3. The SMILES string of the molecule is CC(C)(C)CN1CC2(C1)C(=O)N(CCCN1CCCC1=O)C(=O)[C@@H]1C[C@@H](O)CN12. The largest absolute Gasteiger partial charge is 0.392 e. The standard InChI is InChI=1S/C21H34N4O4/c1-20(2,3)12-22-13-21(14-22)19(29)24(9-5-8-23-7-4-6-17(23)27)18(28)16-10-15(26)11-25(16)21/h15-16,26H,4-14H2,1-3H3/t15-,16+/m1/s1. The molecule has 0 unspecified atom stereocenters. The number of carbonyl (C=O) groups excluding carboxylic acids is 3. The number of imide groups is 1. The summed E-state index contributed by atoms with van der Waals surface area (Å²) < 4.78 is 0. The van der Waals surface area contributed by atoms with E-state index in [2.05, 4.69) is 25.7 Å². The second kappa shape index (κ2) is 7.32. The average Bonchev–Trinajstić information content (AvgIpc) is 3.18. The Morgan fingerprint density at radius 1 is 1.14 bits per heavy atom. The number of amides is 3. The lowest BCUT2D eigenvalue weighted by Crippen LogP contribution is -2.81. The van der Waals surface area contributed by atoms with E-state index in [1.165, 1.54) is 4.90 Å². The van der Waals surface area contributed by atoms with E-state index in [4.69, 9.17) is 0 Å². The molecule has 4 fully saturated rings. The van der Waals surface area contributed by atoms with Crippen LogP contribution in [0.5, 0.6) is 0 Å². The molecule has 4 rings (SSSR count). The number of fused-ring (bicyclic) bond motifs is 2. The first kappa shape index (κ1) is 20.8. The fraction of sp³-hybridized carbons (Fsp3) is 0.857. The Morgan fingerprint density at radius 3 is 2.48 bits per heavy atom. The molecule has 4 aliphatic heterocycles. The minimum Gasteiger partial charge on any atom is -0.392 e. The summed E-state index contributed by atoms with van der Waals surface area (Å²) in [5.74, 6) is -0.135. The molecule has 8 heteroatoms. The summed E-state index contributed by atoms with van der Waals surface area (Å²) in [6.45, 7) is 10.8. The van der Waals surface area contributed by atoms with Crippen LogP contribution < -0.4 is 0 Å². The van der Waals surface area contributed by atoms with Gasteiger partial charge < -0.3 is 10.0 Å². The van der Waals surface area contributed by atoms with Crippen molar-refractivity contribution in [2.75, 3.05) is 45.8 Å². The molecule has 3 amide bonds. The van der Waals surface area contributed by atoms with Crippen LogP contribution in [0.2, 0.25) is 0 Å². The molecular weight excluding hydrogens is 372 g/mol. The van der Waals surface area contributed by atoms with Gasteiger partial charge in [-0.2, -0.15) is 0 Å². The maximum absolute atomic E-state index is 13.5. The second-order valence-electron chi connectivity index (χ2n) is 10.4. The molecule has 162 valence electrons. The van der Waals surface area contributed by atoms with E-state index in [9.17, 15) is 19.5 Å². The molecule has 0 aromatic rings. The van der Waals surface area contributed by atoms with Crippen LogP contribution in [-0.4, -0.2) is 106 Å². The van der Waals surface area contributed by atoms with E-state index < -0.39 is 17.7 Å². The van der Waals surface area contributed by atoms with Gasteiger partial charge >= 0.3 is 0 Å². The molecule has 2 atom stereocenters. The Hall–Kier alpha value is -1.51. The van der Waals surface area contributed by atoms with Crippen LogP contribution in [-0.2, 0) is 14.4 Å². The van der Waals surface area contributed by atoms with Gasteiger partial charge in [-0.3, -0.25) is 29.1 Å². The predicted octanol–water partition coefficient (Wildman–Crippen LogP) is -0.0966. The number of aliphatic hydroxyl groups excluding tert-OH is 1. The number of hydrogen-bond donors (Lipinski definition) is 1. The second-order valence-corrected chi connectivity index (χ2v) is 10.4. The van der Waals surface area contributed by atoms with Gasteiger partial charge in [-0.15, -0.1) is 0 Å². The van der Waals surface area contributed by atoms with Gasteiger partial charge in [0.2, 0.25) is 11.8 Å². The van der Waals surface area contributed by atoms with Gasteiger partial charge in [-0.25, -0.2) is 0 Å². The first-order valence-electron chi connectivity index (χ1n) is 10.9. The van der Waals surface area contributed by atoms with Crippen molar-refractivity contribution in [1.29, 1.82) is 0 Å². The van der Waals surface area contributed by atoms with Crippen LogP contribution in [0.25, 0.3) is 0 Å². The van der Waals surface area contributed by atoms with Crippen molar-refractivity contribution in [1.82, 2.24) is 19.6 Å². The number of piperazine rings is 1. The molecule has 0 radical (unpaired) electrons. The summed E-state index contributed by atoms with van der Waals surface area (Å²) in [5.41, 5.74) is -0.550. The normalized spacial score (nSPS) is 30.4. The van der Waals surface area contributed by atoms with Crippen LogP contribution in [0, 0.1) is 5.41 Å². The highest BCUT2D eigenvalue weighted by Crippen LogP contribution is 2.41. The lowest BCUT2D eigenvalue weighted by Gasteiger charge is -2.59. The number of β-amino-alcohol motifs (C(OH)–C–C–N with tert-alkyl or cyclic N) is 1. The van der Waals surface area contributed by atoms with Gasteiger partial charge in [-0.05, 0) is 24.7 Å². The van der Waals surface area contributed by atoms with Crippen LogP contribution >= 0.6 is 0 Å². The number of rotatable bonds is 5. The molecule has 0 aromatic carbocycles. The first-order valence-corrected chi connectivity index (χ1v) is 10.9. The monoisotopic (exact) mass is 406 g/mol. The summed E-state index contributed by atoms with van der Waals surface area (Å²) in [5, 5.41) is 10.2. The van der Waals surface area contributed by atoms with Crippen molar-refractivity contribution in [2.24, 2.45) is 5.41 Å². The summed E-state index contributed by atoms with van der Waals surface area (Å²) in [6, 6.07) is -0.409. The Balaban J connectivity index is 1.46. The quantitative estimate of drug-likeness (QED) is 0.642. The van der Waals surface area contributed by atoms with Gasteiger partial charge in [0.1, 0.15) is 5.54 Å². The van der Waals surface area contributed by atoms with Crippen molar-refractivity contribution in [2.45, 2.75) is 64.1 Å². The molecule has 8 nitrogen and oxygen atoms in total. The maximum atomic E-state index is 13.5. The van der Waals surface area contributed by atoms with E-state index >= 15 is 0 Å². The number of carbonyl (C=O) groups is 3. The van der Waals surface area contributed by atoms with Gasteiger partial charge in [0.25, 0.3) is 5.91 Å². The molecule has 29 heavy (non-hydrogen) atoms. The van der Waals surface area contributed by atoms with Crippen LogP contribution in [0.1, 0.15) is 46.5 Å². The molecule has 0 aliphatic carbocycles. The molecule has 4 saturated heterocycles. The lowest BCUT2D eigenvalue weighted by atomic mass is 9.80. The van der Waals surface area contributed by atoms with Crippen LogP contribution in [0.4, 0.5) is 0 Å². The van der Waals surface area contributed by atoms with Gasteiger partial charge in [0.05, 0.1) is 12.1 Å². The smallest absolute Gasteiger partial charge is 0.252 e. The third-order valence-electron chi connectivity index (χ3n) is 6.67. The molecule has 4 heterocycles. The zero-order valence-corrected chi connectivity index (χ0v) is 17.9. The predicted molar refractivity (Wildman–Crippen MR) is 107 cm³/mol. The Kier molecular flexibility index (Phi) is 5.24. The van der Waals surface area contributed by atoms with Crippen molar-refractivity contribution in [3.05, 3.63) is 0 Å². The topological polar surface area (TPSA) is 84.4 Å². The van der Waals surface area contributed by atoms with Crippen molar-refractivity contribution in [3.8, 4) is 0 Å². The highest BCUT2D eigenvalue weighted by Gasteiger charge is 2.64. The average molecular weight is 407 g/mol. The minimum absolute atomic E-state index is 0.120. The van der Waals surface area contributed by atoms with Crippen molar-refractivity contribution in [3.63, 3.8) is 0 Å². The molecule has 0 bridgehead atoms. The van der Waals surface area contributed by atoms with Crippen LogP contribution in [0.15, 0.2) is 0 Å². The van der Waals surface area contributed by atoms with E-state index in [0.29, 0.717) is 52.0 Å². The first-order chi connectivity index (χ1) is 13.6. The molecule has 1 spiro atoms. The van der Waals surface area contributed by atoms with Crippen molar-refractivity contribution < 1.29 is 19.5 Å². The summed E-state index contributed by atoms with van der Waals surface area (Å²) in [6.07, 6.45) is 1.94. The molecule has 1 N–H and O–H groups in total. The van der Waals surface area contributed by atoms with E-state index in [1.807, 2.05) is 9.80 Å². The number of hydrogen-bond acceptors (Lipinski definition) is 6. The molecule has 4 aliphatic rings. The fourth-order valence-corrected chi connectivity index (χ4v) is 5.54. The lowest BCUT2D eigenvalue weighted by molar-refractivity contribution is -0.181. The zero-order valence-electron chi connectivity index (χ0n) is 17.9. The summed E-state index contributed by atoms with van der Waals surface area (Å²) in [4.78, 5) is 45.8. The van der Waals surface area contributed by atoms with E-state index in [-0.39, 0.29) is 23.1 Å². The van der Waals surface area contributed by atoms with Gasteiger partial charge in [0, 0.05) is 52.2 Å². The van der Waals surface area contributed by atoms with E-state index in [0.717, 1.165) is 19.5 Å². The third-order valence-corrected chi connectivity index (χ3v) is 6.67. The third kappa shape index (κ3) is 3.70. The fourth-order valence-electron chi connectivity index (χ4n) is 5.54. The maximum Gasteiger partial charge on any atom is 0.252 e. The Bertz CT molecular complexity index is 697. The minimum atomic E-state index is -0.690. The number of nitrogens with zero attached hydrogens (tertiary/aromatic N) is 4. The highest BCUT2D eigenvalue weighted by molar-refractivity contribution is 6.06. The van der Waals surface area contributed by atoms with Gasteiger partial charge in [-0.1, -0.05) is 20.8 Å². The van der Waals surface area contributed by atoms with Crippen LogP contribution in [0.3, 0.4) is 0 Å². The summed E-state index contributed by atoms with van der Waals surface area (Å²) in [7, 11) is 0. The van der Waals surface area contributed by atoms with E-state index in [1.54, 1.807) is 0 Å². The van der Waals surface area contributed by atoms with Gasteiger partial charge in [0.15, 0.2) is 0 Å². The van der Waals surface area contributed by atoms with Crippen molar-refractivity contribution >= 4 is 17.7 Å². The number of likely N-dealkylation sites (tertiary alicyclic amines) is 2.